The summed E-state index contributed by atoms with van der Waals surface area (Å²) in [5, 5.41) is 0.307. The lowest BCUT2D eigenvalue weighted by molar-refractivity contribution is -0.0799. The average molecular weight is 701 g/mol. The van der Waals surface area contributed by atoms with Crippen LogP contribution in [-0.4, -0.2) is 114 Å². The van der Waals surface area contributed by atoms with Crippen LogP contribution in [0.15, 0.2) is 0 Å². The van der Waals surface area contributed by atoms with Gasteiger partial charge in [0, 0.05) is 0 Å². The molecule has 0 amide bonds. The second kappa shape index (κ2) is 28.1. The topological polar surface area (TPSA) is 119 Å². The molecule has 278 valence electrons. The average Bonchev–Trinajstić information content (AvgIpc) is 2.74. The van der Waals surface area contributed by atoms with Crippen molar-refractivity contribution in [1.29, 1.82) is 0 Å². The quantitative estimate of drug-likeness (QED) is 0.0673. The minimum absolute atomic E-state index is 0. The zero-order valence-electron chi connectivity index (χ0n) is 25.6. The maximum absolute atomic E-state index is 10.7. The molecule has 0 aromatic carbocycles. The van der Waals surface area contributed by atoms with Crippen molar-refractivity contribution >= 4 is 26.8 Å². The molecule has 0 spiro atoms. The molecule has 0 radical (unpaired) electrons. The van der Waals surface area contributed by atoms with Crippen LogP contribution >= 0.6 is 0 Å². The summed E-state index contributed by atoms with van der Waals surface area (Å²) in [4.78, 5) is 0. The van der Waals surface area contributed by atoms with Gasteiger partial charge in [-0.05, 0) is 36.3 Å². The Hall–Kier alpha value is 0.0638. The van der Waals surface area contributed by atoms with Gasteiger partial charge >= 0.3 is 0 Å². The highest BCUT2D eigenvalue weighted by Gasteiger charge is 2.37. The monoisotopic (exact) mass is 701 g/mol. The lowest BCUT2D eigenvalue weighted by atomic mass is 10.2. The Bertz CT molecular complexity index is 686. The molecule has 0 fully saturated rings. The van der Waals surface area contributed by atoms with E-state index in [9.17, 15) is 8.42 Å². The van der Waals surface area contributed by atoms with E-state index in [0.717, 1.165) is 0 Å². The Morgan fingerprint density at radius 2 is 0.864 bits per heavy atom. The Balaban J connectivity index is -0.000000456. The number of hydrogen-bond acceptors (Lipinski definition) is 9. The van der Waals surface area contributed by atoms with Crippen LogP contribution in [0.4, 0.5) is 0 Å². The van der Waals surface area contributed by atoms with E-state index in [-0.39, 0.29) is 74.0 Å². The molecule has 0 heterocycles. The van der Waals surface area contributed by atoms with Crippen LogP contribution in [0.25, 0.3) is 0 Å². The van der Waals surface area contributed by atoms with E-state index < -0.39 is 32.5 Å². The molecule has 0 aromatic rings. The number of rotatable bonds is 22. The van der Waals surface area contributed by atoms with Gasteiger partial charge in [-0.3, -0.25) is 4.55 Å². The Kier molecular flexibility index (Phi) is 38.0. The standard InChI is InChI=1S/C25H56O10SSi2.6CH4/c1-24(2,3)37(7,8)34-17-14-31-21-23(22-32-15-18-35-38(9,10)25(4,5)6)33-16-13-29-11-12-30-19-20-36(26,27)28;;;;;;/h23H,11-22H2,1-10H3,(H,26,27,28);6*1H4. The first-order chi connectivity index (χ1) is 17.3. The summed E-state index contributed by atoms with van der Waals surface area (Å²) in [5.74, 6) is -0.431. The van der Waals surface area contributed by atoms with Crippen LogP contribution in [0.2, 0.25) is 36.3 Å². The van der Waals surface area contributed by atoms with E-state index in [1.54, 1.807) is 0 Å². The van der Waals surface area contributed by atoms with Crippen LogP contribution in [0, 0.1) is 0 Å². The third kappa shape index (κ3) is 29.5. The maximum atomic E-state index is 10.7. The fourth-order valence-corrected chi connectivity index (χ4v) is 4.86. The van der Waals surface area contributed by atoms with Gasteiger partial charge in [0.1, 0.15) is 6.10 Å². The molecule has 0 bridgehead atoms. The second-order valence-corrected chi connectivity index (χ2v) is 23.6. The van der Waals surface area contributed by atoms with E-state index in [1.807, 2.05) is 0 Å². The van der Waals surface area contributed by atoms with Crippen molar-refractivity contribution in [1.82, 2.24) is 0 Å². The van der Waals surface area contributed by atoms with Crippen molar-refractivity contribution < 1.29 is 45.5 Å². The molecule has 13 heteroatoms. The van der Waals surface area contributed by atoms with Gasteiger partial charge in [-0.1, -0.05) is 86.1 Å². The highest BCUT2D eigenvalue weighted by Crippen LogP contribution is 2.37. The first-order valence-electron chi connectivity index (χ1n) is 13.4. The SMILES string of the molecule is C.C.C.C.C.C.CC(C)(C)[Si](C)(C)OCCOCC(COCCO[Si](C)(C)C(C)(C)C)OCCOCCOCCS(=O)(=O)O. The molecular formula is C31H80O10SSi2. The smallest absolute Gasteiger partial charge is 0.267 e. The molecule has 0 aromatic heterocycles. The van der Waals surface area contributed by atoms with E-state index in [1.165, 1.54) is 0 Å². The Morgan fingerprint density at radius 3 is 1.20 bits per heavy atom. The van der Waals surface area contributed by atoms with E-state index in [2.05, 4.69) is 67.7 Å². The minimum atomic E-state index is -4.01. The molecule has 0 atom stereocenters. The summed E-state index contributed by atoms with van der Waals surface area (Å²) in [6.07, 6.45) is -0.259. The maximum Gasteiger partial charge on any atom is 0.267 e. The summed E-state index contributed by atoms with van der Waals surface area (Å²) in [7, 11) is -7.63. The third-order valence-electron chi connectivity index (χ3n) is 7.04. The van der Waals surface area contributed by atoms with Crippen LogP contribution in [0.5, 0.6) is 0 Å². The Labute approximate surface area is 278 Å². The van der Waals surface area contributed by atoms with Crippen molar-refractivity contribution in [3.63, 3.8) is 0 Å². The molecule has 0 saturated heterocycles. The third-order valence-corrected chi connectivity index (χ3v) is 16.8. The predicted octanol–water partition coefficient (Wildman–Crippen LogP) is 8.19. The molecule has 0 rings (SSSR count). The molecule has 0 unspecified atom stereocenters. The lowest BCUT2D eigenvalue weighted by Gasteiger charge is -2.36. The second-order valence-electron chi connectivity index (χ2n) is 12.4. The van der Waals surface area contributed by atoms with E-state index >= 15 is 0 Å². The molecule has 44 heavy (non-hydrogen) atoms. The van der Waals surface area contributed by atoms with Gasteiger partial charge in [0.2, 0.25) is 0 Å². The highest BCUT2D eigenvalue weighted by atomic mass is 32.2. The van der Waals surface area contributed by atoms with Crippen LogP contribution < -0.4 is 0 Å². The molecule has 10 nitrogen and oxygen atoms in total. The van der Waals surface area contributed by atoms with Gasteiger partial charge in [0.15, 0.2) is 16.6 Å². The van der Waals surface area contributed by atoms with Crippen molar-refractivity contribution in [3.8, 4) is 0 Å². The fraction of sp³-hybridized carbons (Fsp3) is 1.00. The van der Waals surface area contributed by atoms with Crippen molar-refractivity contribution in [2.24, 2.45) is 0 Å². The lowest BCUT2D eigenvalue weighted by Crippen LogP contribution is -2.42. The first kappa shape index (κ1) is 59.5. The first-order valence-corrected chi connectivity index (χ1v) is 20.9. The van der Waals surface area contributed by atoms with Crippen molar-refractivity contribution in [2.75, 3.05) is 78.4 Å². The zero-order valence-corrected chi connectivity index (χ0v) is 28.4. The van der Waals surface area contributed by atoms with Crippen LogP contribution in [0.3, 0.4) is 0 Å². The largest absolute Gasteiger partial charge is 0.414 e. The zero-order chi connectivity index (χ0) is 29.5. The summed E-state index contributed by atoms with van der Waals surface area (Å²) in [6.45, 7) is 26.1. The predicted molar refractivity (Wildman–Crippen MR) is 196 cm³/mol. The number of ether oxygens (including phenoxy) is 5. The van der Waals surface area contributed by atoms with Crippen LogP contribution in [-0.2, 0) is 42.7 Å². The Morgan fingerprint density at radius 1 is 0.545 bits per heavy atom. The summed E-state index contributed by atoms with van der Waals surface area (Å²) >= 11 is 0. The highest BCUT2D eigenvalue weighted by molar-refractivity contribution is 7.85. The summed E-state index contributed by atoms with van der Waals surface area (Å²) < 4.78 is 70.5. The van der Waals surface area contributed by atoms with Gasteiger partial charge < -0.3 is 32.5 Å². The summed E-state index contributed by atoms with van der Waals surface area (Å²) in [6, 6.07) is 0. The molecule has 0 aliphatic rings. The fourth-order valence-electron chi connectivity index (χ4n) is 2.48. The van der Waals surface area contributed by atoms with Gasteiger partial charge in [0.25, 0.3) is 10.1 Å². The van der Waals surface area contributed by atoms with Crippen molar-refractivity contribution in [3.05, 3.63) is 0 Å². The number of hydrogen-bond donors (Lipinski definition) is 1. The van der Waals surface area contributed by atoms with Crippen LogP contribution in [0.1, 0.15) is 86.1 Å². The van der Waals surface area contributed by atoms with Gasteiger partial charge in [-0.25, -0.2) is 0 Å². The van der Waals surface area contributed by atoms with E-state index in [0.29, 0.717) is 59.5 Å². The van der Waals surface area contributed by atoms with Crippen molar-refractivity contribution in [2.45, 2.75) is 128 Å². The molecule has 0 aliphatic carbocycles. The minimum Gasteiger partial charge on any atom is -0.414 e. The van der Waals surface area contributed by atoms with Gasteiger partial charge in [-0.2, -0.15) is 8.42 Å². The van der Waals surface area contributed by atoms with Gasteiger partial charge in [-0.15, -0.1) is 0 Å². The normalized spacial score (nSPS) is 12.1. The van der Waals surface area contributed by atoms with E-state index in [4.69, 9.17) is 37.1 Å². The molecule has 1 N–H and O–H groups in total. The molecule has 0 saturated carbocycles. The molecular weight excluding hydrogens is 621 g/mol. The molecule has 0 aliphatic heterocycles. The van der Waals surface area contributed by atoms with Gasteiger partial charge in [0.05, 0.1) is 78.4 Å². The summed E-state index contributed by atoms with van der Waals surface area (Å²) in [5.41, 5.74) is 0.